The van der Waals surface area contributed by atoms with Crippen LogP contribution in [-0.2, 0) is 13.6 Å². The minimum Gasteiger partial charge on any atom is -0.357 e. The molecule has 0 saturated carbocycles. The smallest absolute Gasteiger partial charge is 0.357 e. The van der Waals surface area contributed by atoms with Crippen molar-refractivity contribution in [1.29, 1.82) is 0 Å². The molecule has 0 radical (unpaired) electrons. The molecule has 0 unspecified atom stereocenters. The standard InChI is InChI=1S/C12H19F3N4.HI/c1-3-16-11(17-6-5-12(13,14)15)18-8-10-4-7-19(2)9-10;/h4,7,9H,3,5-6,8H2,1-2H3,(H2,16,17,18);1H. The lowest BCUT2D eigenvalue weighted by atomic mass is 10.3. The Hall–Kier alpha value is -0.930. The number of aromatic nitrogens is 1. The van der Waals surface area contributed by atoms with Gasteiger partial charge in [0.15, 0.2) is 5.96 Å². The van der Waals surface area contributed by atoms with Crippen LogP contribution in [0.2, 0.25) is 0 Å². The van der Waals surface area contributed by atoms with E-state index in [1.807, 2.05) is 37.0 Å². The van der Waals surface area contributed by atoms with Gasteiger partial charge in [-0.15, -0.1) is 24.0 Å². The highest BCUT2D eigenvalue weighted by atomic mass is 127. The van der Waals surface area contributed by atoms with Gasteiger partial charge in [0.1, 0.15) is 0 Å². The fraction of sp³-hybridized carbons (Fsp3) is 0.583. The van der Waals surface area contributed by atoms with E-state index in [0.717, 1.165) is 5.56 Å². The minimum absolute atomic E-state index is 0. The van der Waals surface area contributed by atoms with Crippen molar-refractivity contribution in [2.24, 2.45) is 12.0 Å². The summed E-state index contributed by atoms with van der Waals surface area (Å²) >= 11 is 0. The molecule has 0 spiro atoms. The van der Waals surface area contributed by atoms with Crippen LogP contribution in [0.1, 0.15) is 18.9 Å². The molecule has 0 fully saturated rings. The SMILES string of the molecule is CCNC(=NCc1ccn(C)c1)NCCC(F)(F)F.I. The Kier molecular flexibility index (Phi) is 8.67. The summed E-state index contributed by atoms with van der Waals surface area (Å²) < 4.78 is 38.0. The lowest BCUT2D eigenvalue weighted by Crippen LogP contribution is -2.38. The van der Waals surface area contributed by atoms with Crippen LogP contribution in [0.15, 0.2) is 23.5 Å². The molecule has 1 heterocycles. The summed E-state index contributed by atoms with van der Waals surface area (Å²) in [6.07, 6.45) is -1.20. The van der Waals surface area contributed by atoms with Gasteiger partial charge in [-0.05, 0) is 18.6 Å². The Labute approximate surface area is 133 Å². The number of halogens is 4. The number of nitrogens with one attached hydrogen (secondary N) is 2. The monoisotopic (exact) mass is 404 g/mol. The normalized spacial score (nSPS) is 11.9. The third-order valence-electron chi connectivity index (χ3n) is 2.36. The van der Waals surface area contributed by atoms with Gasteiger partial charge in [0.05, 0.1) is 13.0 Å². The van der Waals surface area contributed by atoms with Crippen molar-refractivity contribution >= 4 is 29.9 Å². The summed E-state index contributed by atoms with van der Waals surface area (Å²) in [5, 5.41) is 5.58. The highest BCUT2D eigenvalue weighted by Crippen LogP contribution is 2.18. The molecule has 116 valence electrons. The predicted octanol–water partition coefficient (Wildman–Crippen LogP) is 2.65. The van der Waals surface area contributed by atoms with Crippen molar-refractivity contribution in [2.75, 3.05) is 13.1 Å². The third kappa shape index (κ3) is 8.28. The first-order valence-corrected chi connectivity index (χ1v) is 6.10. The van der Waals surface area contributed by atoms with Crippen molar-refractivity contribution in [3.63, 3.8) is 0 Å². The van der Waals surface area contributed by atoms with Gasteiger partial charge in [-0.25, -0.2) is 4.99 Å². The van der Waals surface area contributed by atoms with E-state index in [9.17, 15) is 13.2 Å². The van der Waals surface area contributed by atoms with E-state index in [1.165, 1.54) is 0 Å². The van der Waals surface area contributed by atoms with E-state index in [0.29, 0.717) is 19.0 Å². The number of aryl methyl sites for hydroxylation is 1. The zero-order valence-corrected chi connectivity index (χ0v) is 13.8. The van der Waals surface area contributed by atoms with Gasteiger partial charge in [-0.2, -0.15) is 13.2 Å². The fourth-order valence-corrected chi connectivity index (χ4v) is 1.49. The van der Waals surface area contributed by atoms with Crippen LogP contribution >= 0.6 is 24.0 Å². The molecule has 0 saturated heterocycles. The molecule has 1 aromatic rings. The van der Waals surface area contributed by atoms with Gasteiger partial charge in [-0.3, -0.25) is 0 Å². The van der Waals surface area contributed by atoms with Gasteiger partial charge in [0.2, 0.25) is 0 Å². The number of guanidine groups is 1. The average Bonchev–Trinajstić information content (AvgIpc) is 2.70. The van der Waals surface area contributed by atoms with Crippen molar-refractivity contribution in [3.05, 3.63) is 24.0 Å². The van der Waals surface area contributed by atoms with E-state index in [2.05, 4.69) is 15.6 Å². The number of hydrogen-bond acceptors (Lipinski definition) is 1. The number of alkyl halides is 3. The third-order valence-corrected chi connectivity index (χ3v) is 2.36. The molecule has 2 N–H and O–H groups in total. The number of nitrogens with zero attached hydrogens (tertiary/aromatic N) is 2. The van der Waals surface area contributed by atoms with Crippen LogP contribution in [0.5, 0.6) is 0 Å². The maximum Gasteiger partial charge on any atom is 0.390 e. The van der Waals surface area contributed by atoms with Crippen LogP contribution in [0.25, 0.3) is 0 Å². The molecular weight excluding hydrogens is 384 g/mol. The quantitative estimate of drug-likeness (QED) is 0.450. The van der Waals surface area contributed by atoms with Gasteiger partial charge < -0.3 is 15.2 Å². The topological polar surface area (TPSA) is 41.4 Å². The first kappa shape index (κ1) is 19.1. The first-order chi connectivity index (χ1) is 8.90. The Bertz CT molecular complexity index is 415. The molecule has 1 aromatic heterocycles. The minimum atomic E-state index is -4.15. The molecule has 1 rings (SSSR count). The summed E-state index contributed by atoms with van der Waals surface area (Å²) in [6, 6.07) is 1.92. The summed E-state index contributed by atoms with van der Waals surface area (Å²) in [7, 11) is 1.90. The molecule has 0 aliphatic carbocycles. The van der Waals surface area contributed by atoms with Crippen LogP contribution in [0.4, 0.5) is 13.2 Å². The summed E-state index contributed by atoms with van der Waals surface area (Å²) in [5.41, 5.74) is 1.01. The zero-order valence-electron chi connectivity index (χ0n) is 11.5. The maximum atomic E-state index is 12.0. The molecule has 0 bridgehead atoms. The number of hydrogen-bond donors (Lipinski definition) is 2. The van der Waals surface area contributed by atoms with Crippen molar-refractivity contribution < 1.29 is 13.2 Å². The van der Waals surface area contributed by atoms with Crippen molar-refractivity contribution in [2.45, 2.75) is 26.1 Å². The lowest BCUT2D eigenvalue weighted by Gasteiger charge is -2.12. The van der Waals surface area contributed by atoms with Crippen LogP contribution < -0.4 is 10.6 Å². The summed E-state index contributed by atoms with van der Waals surface area (Å²) in [4.78, 5) is 4.23. The molecule has 0 atom stereocenters. The molecule has 8 heteroatoms. The lowest BCUT2D eigenvalue weighted by molar-refractivity contribution is -0.132. The van der Waals surface area contributed by atoms with E-state index in [1.54, 1.807) is 0 Å². The Balaban J connectivity index is 0.00000361. The maximum absolute atomic E-state index is 12.0. The second kappa shape index (κ2) is 9.09. The van der Waals surface area contributed by atoms with Crippen molar-refractivity contribution in [3.8, 4) is 0 Å². The molecule has 0 aliphatic heterocycles. The van der Waals surface area contributed by atoms with Gasteiger partial charge in [0.25, 0.3) is 0 Å². The number of rotatable bonds is 5. The first-order valence-electron chi connectivity index (χ1n) is 6.10. The van der Waals surface area contributed by atoms with Crippen molar-refractivity contribution in [1.82, 2.24) is 15.2 Å². The second-order valence-electron chi connectivity index (χ2n) is 4.17. The summed E-state index contributed by atoms with van der Waals surface area (Å²) in [6.45, 7) is 2.72. The highest BCUT2D eigenvalue weighted by Gasteiger charge is 2.26. The van der Waals surface area contributed by atoms with E-state index >= 15 is 0 Å². The Morgan fingerprint density at radius 1 is 1.35 bits per heavy atom. The molecule has 20 heavy (non-hydrogen) atoms. The number of aliphatic imine (C=N–C) groups is 1. The Morgan fingerprint density at radius 3 is 2.55 bits per heavy atom. The second-order valence-corrected chi connectivity index (χ2v) is 4.17. The van der Waals surface area contributed by atoms with Crippen LogP contribution in [-0.4, -0.2) is 29.8 Å². The molecule has 4 nitrogen and oxygen atoms in total. The average molecular weight is 404 g/mol. The fourth-order valence-electron chi connectivity index (χ4n) is 1.49. The molecular formula is C12H20F3IN4. The predicted molar refractivity (Wildman–Crippen MR) is 84.3 cm³/mol. The Morgan fingerprint density at radius 2 is 2.05 bits per heavy atom. The molecule has 0 amide bonds. The van der Waals surface area contributed by atoms with E-state index in [4.69, 9.17) is 0 Å². The van der Waals surface area contributed by atoms with Gasteiger partial charge in [-0.1, -0.05) is 0 Å². The van der Waals surface area contributed by atoms with E-state index in [-0.39, 0.29) is 30.5 Å². The zero-order chi connectivity index (χ0) is 14.3. The van der Waals surface area contributed by atoms with Gasteiger partial charge >= 0.3 is 6.18 Å². The van der Waals surface area contributed by atoms with Crippen LogP contribution in [0.3, 0.4) is 0 Å². The largest absolute Gasteiger partial charge is 0.390 e. The summed E-state index contributed by atoms with van der Waals surface area (Å²) in [5.74, 6) is 0.399. The van der Waals surface area contributed by atoms with Gasteiger partial charge in [0, 0.05) is 32.5 Å². The van der Waals surface area contributed by atoms with E-state index < -0.39 is 12.6 Å². The molecule has 0 aromatic carbocycles. The van der Waals surface area contributed by atoms with Crippen LogP contribution in [0, 0.1) is 0 Å². The highest BCUT2D eigenvalue weighted by molar-refractivity contribution is 14.0. The molecule has 0 aliphatic rings.